The fraction of sp³-hybridized carbons (Fsp3) is 0.138. The lowest BCUT2D eigenvalue weighted by Crippen LogP contribution is -2.29. The molecule has 3 N–H and O–H groups in total. The van der Waals surface area contributed by atoms with E-state index in [1.54, 1.807) is 24.3 Å². The van der Waals surface area contributed by atoms with Crippen LogP contribution in [0, 0.1) is 0 Å². The fourth-order valence-corrected chi connectivity index (χ4v) is 4.27. The van der Waals surface area contributed by atoms with E-state index in [0.29, 0.717) is 17.8 Å². The number of hydrogen-bond acceptors (Lipinski definition) is 8. The van der Waals surface area contributed by atoms with Crippen LogP contribution in [-0.2, 0) is 32.2 Å². The molecule has 0 bridgehead atoms. The molecule has 5 rings (SSSR count). The van der Waals surface area contributed by atoms with E-state index < -0.39 is 36.6 Å². The number of carbonyl (C=O) groups excluding carboxylic acids is 2. The molecule has 5 aromatic rings. The van der Waals surface area contributed by atoms with Gasteiger partial charge in [-0.05, 0) is 48.0 Å². The molecule has 0 atom stereocenters. The van der Waals surface area contributed by atoms with E-state index in [1.807, 2.05) is 42.5 Å². The van der Waals surface area contributed by atoms with Crippen LogP contribution in [0.5, 0.6) is 0 Å². The average molecular weight is 541 g/mol. The average Bonchev–Trinajstić information content (AvgIpc) is 3.31. The van der Waals surface area contributed by atoms with E-state index >= 15 is 0 Å². The van der Waals surface area contributed by atoms with E-state index in [0.717, 1.165) is 32.1 Å². The smallest absolute Gasteiger partial charge is 0.323 e. The van der Waals surface area contributed by atoms with Gasteiger partial charge in [0.25, 0.3) is 11.5 Å². The summed E-state index contributed by atoms with van der Waals surface area (Å²) in [6.07, 6.45) is 1.37. The summed E-state index contributed by atoms with van der Waals surface area (Å²) >= 11 is 0. The highest BCUT2D eigenvalue weighted by molar-refractivity contribution is 6.05. The molecule has 11 nitrogen and oxygen atoms in total. The summed E-state index contributed by atoms with van der Waals surface area (Å²) in [5, 5.41) is 17.1. The lowest BCUT2D eigenvalue weighted by Gasteiger charge is -2.14. The number of nitrogens with zero attached hydrogens (tertiary/aromatic N) is 2. The number of aliphatic carboxylic acids is 1. The SMILES string of the molecule is CC(=O)OCC(=O)Nc1ccc(-c2ncc(NCc3ccc4oc5ccccc5c4c3)c(=O)n2CC(=O)O)cc1. The number of carboxylic acids is 1. The van der Waals surface area contributed by atoms with Crippen LogP contribution in [0.1, 0.15) is 12.5 Å². The minimum absolute atomic E-state index is 0.150. The van der Waals surface area contributed by atoms with Crippen LogP contribution in [0.15, 0.2) is 82.1 Å². The molecule has 3 aromatic carbocycles. The number of carbonyl (C=O) groups is 3. The second-order valence-corrected chi connectivity index (χ2v) is 8.97. The minimum Gasteiger partial charge on any atom is -0.480 e. The Labute approximate surface area is 227 Å². The first-order valence-electron chi connectivity index (χ1n) is 12.3. The summed E-state index contributed by atoms with van der Waals surface area (Å²) in [6, 6.07) is 19.8. The van der Waals surface area contributed by atoms with Crippen molar-refractivity contribution in [1.82, 2.24) is 9.55 Å². The van der Waals surface area contributed by atoms with Gasteiger partial charge in [0.1, 0.15) is 29.2 Å². The van der Waals surface area contributed by atoms with Crippen LogP contribution < -0.4 is 16.2 Å². The molecular formula is C29H24N4O7. The van der Waals surface area contributed by atoms with Gasteiger partial charge < -0.3 is 24.9 Å². The number of fused-ring (bicyclic) bond motifs is 3. The molecule has 0 saturated carbocycles. The number of esters is 1. The van der Waals surface area contributed by atoms with Gasteiger partial charge in [-0.3, -0.25) is 23.7 Å². The maximum Gasteiger partial charge on any atom is 0.323 e. The van der Waals surface area contributed by atoms with Gasteiger partial charge >= 0.3 is 11.9 Å². The van der Waals surface area contributed by atoms with Gasteiger partial charge in [0.15, 0.2) is 6.61 Å². The molecule has 202 valence electrons. The normalized spacial score (nSPS) is 10.9. The number of para-hydroxylation sites is 1. The van der Waals surface area contributed by atoms with Crippen molar-refractivity contribution in [2.24, 2.45) is 0 Å². The molecule has 0 spiro atoms. The monoisotopic (exact) mass is 540 g/mol. The lowest BCUT2D eigenvalue weighted by molar-refractivity contribution is -0.145. The third-order valence-corrected chi connectivity index (χ3v) is 6.10. The topological polar surface area (TPSA) is 153 Å². The molecule has 0 aliphatic heterocycles. The number of aromatic nitrogens is 2. The van der Waals surface area contributed by atoms with Gasteiger partial charge in [0.05, 0.1) is 6.20 Å². The molecule has 0 aliphatic rings. The Morgan fingerprint density at radius 2 is 1.75 bits per heavy atom. The summed E-state index contributed by atoms with van der Waals surface area (Å²) in [7, 11) is 0. The van der Waals surface area contributed by atoms with Crippen LogP contribution >= 0.6 is 0 Å². The van der Waals surface area contributed by atoms with Crippen LogP contribution in [0.3, 0.4) is 0 Å². The predicted octanol–water partition coefficient (Wildman–Crippen LogP) is 4.01. The zero-order chi connectivity index (χ0) is 28.2. The Hall–Kier alpha value is -5.45. The van der Waals surface area contributed by atoms with Crippen molar-refractivity contribution in [3.05, 3.63) is 88.8 Å². The summed E-state index contributed by atoms with van der Waals surface area (Å²) in [4.78, 5) is 52.0. The molecule has 1 amide bonds. The molecule has 40 heavy (non-hydrogen) atoms. The van der Waals surface area contributed by atoms with E-state index in [-0.39, 0.29) is 11.5 Å². The van der Waals surface area contributed by atoms with Gasteiger partial charge in [-0.1, -0.05) is 24.3 Å². The second kappa shape index (κ2) is 11.1. The highest BCUT2D eigenvalue weighted by Gasteiger charge is 2.16. The third kappa shape index (κ3) is 5.68. The van der Waals surface area contributed by atoms with Crippen LogP contribution in [0.2, 0.25) is 0 Å². The number of carboxylic acid groups (broad SMARTS) is 1. The lowest BCUT2D eigenvalue weighted by atomic mass is 10.1. The van der Waals surface area contributed by atoms with Gasteiger partial charge in [0.2, 0.25) is 0 Å². The zero-order valence-corrected chi connectivity index (χ0v) is 21.3. The fourth-order valence-electron chi connectivity index (χ4n) is 4.27. The van der Waals surface area contributed by atoms with Crippen molar-refractivity contribution in [2.45, 2.75) is 20.0 Å². The van der Waals surface area contributed by atoms with Gasteiger partial charge in [-0.15, -0.1) is 0 Å². The summed E-state index contributed by atoms with van der Waals surface area (Å²) < 4.78 is 11.6. The van der Waals surface area contributed by atoms with Crippen molar-refractivity contribution >= 4 is 51.2 Å². The van der Waals surface area contributed by atoms with Crippen LogP contribution in [0.4, 0.5) is 11.4 Å². The van der Waals surface area contributed by atoms with Crippen molar-refractivity contribution in [3.8, 4) is 11.4 Å². The molecule has 2 heterocycles. The molecule has 11 heteroatoms. The summed E-state index contributed by atoms with van der Waals surface area (Å²) in [5.41, 5.74) is 2.95. The van der Waals surface area contributed by atoms with Crippen molar-refractivity contribution < 1.29 is 28.6 Å². The van der Waals surface area contributed by atoms with Crippen molar-refractivity contribution in [2.75, 3.05) is 17.2 Å². The predicted molar refractivity (Wildman–Crippen MR) is 148 cm³/mol. The van der Waals surface area contributed by atoms with Crippen molar-refractivity contribution in [1.29, 1.82) is 0 Å². The van der Waals surface area contributed by atoms with E-state index in [1.165, 1.54) is 13.1 Å². The number of hydrogen-bond donors (Lipinski definition) is 3. The van der Waals surface area contributed by atoms with Crippen LogP contribution in [0.25, 0.3) is 33.3 Å². The first-order valence-corrected chi connectivity index (χ1v) is 12.3. The highest BCUT2D eigenvalue weighted by atomic mass is 16.5. The molecule has 0 unspecified atom stereocenters. The maximum absolute atomic E-state index is 13.3. The third-order valence-electron chi connectivity index (χ3n) is 6.10. The molecule has 0 fully saturated rings. The number of furan rings is 1. The second-order valence-electron chi connectivity index (χ2n) is 8.97. The molecule has 0 aliphatic carbocycles. The number of benzene rings is 3. The largest absolute Gasteiger partial charge is 0.480 e. The molecule has 0 radical (unpaired) electrons. The number of anilines is 2. The summed E-state index contributed by atoms with van der Waals surface area (Å²) in [5.74, 6) is -2.13. The summed E-state index contributed by atoms with van der Waals surface area (Å²) in [6.45, 7) is 0.497. The first kappa shape index (κ1) is 26.2. The van der Waals surface area contributed by atoms with Crippen molar-refractivity contribution in [3.63, 3.8) is 0 Å². The minimum atomic E-state index is -1.20. The standard InChI is InChI=1S/C29H24N4O7/c1-17(34)39-16-26(35)32-20-9-7-19(8-10-20)28-31-14-23(29(38)33(28)15-27(36)37)30-13-18-6-11-25-22(12-18)21-4-2-3-5-24(21)40-25/h2-12,14,30H,13,15-16H2,1H3,(H,32,35)(H,36,37). The van der Waals surface area contributed by atoms with Crippen LogP contribution in [-0.4, -0.2) is 39.1 Å². The molecule has 2 aromatic heterocycles. The Bertz CT molecular complexity index is 1810. The Balaban J connectivity index is 1.37. The van der Waals surface area contributed by atoms with E-state index in [4.69, 9.17) is 4.42 Å². The van der Waals surface area contributed by atoms with Gasteiger partial charge in [-0.2, -0.15) is 0 Å². The Morgan fingerprint density at radius 3 is 2.50 bits per heavy atom. The van der Waals surface area contributed by atoms with E-state index in [2.05, 4.69) is 20.4 Å². The maximum atomic E-state index is 13.3. The van der Waals surface area contributed by atoms with Gasteiger partial charge in [0, 0.05) is 35.5 Å². The number of amides is 1. The number of rotatable bonds is 9. The molecular weight excluding hydrogens is 516 g/mol. The number of nitrogens with one attached hydrogen (secondary N) is 2. The van der Waals surface area contributed by atoms with E-state index in [9.17, 15) is 24.3 Å². The molecule has 0 saturated heterocycles. The highest BCUT2D eigenvalue weighted by Crippen LogP contribution is 2.29. The first-order chi connectivity index (χ1) is 19.3. The zero-order valence-electron chi connectivity index (χ0n) is 21.3. The van der Waals surface area contributed by atoms with Gasteiger partial charge in [-0.25, -0.2) is 4.98 Å². The number of ether oxygens (including phenoxy) is 1. The Morgan fingerprint density at radius 1 is 1.00 bits per heavy atom. The Kier molecular flexibility index (Phi) is 7.27. The quantitative estimate of drug-likeness (QED) is 0.235.